The highest BCUT2D eigenvalue weighted by Gasteiger charge is 2.60. The predicted molar refractivity (Wildman–Crippen MR) is 121 cm³/mol. The number of aliphatic hydroxyl groups excluding tert-OH is 1. The summed E-state index contributed by atoms with van der Waals surface area (Å²) in [4.78, 5) is 0. The monoisotopic (exact) mass is 398 g/mol. The van der Waals surface area contributed by atoms with Gasteiger partial charge in [-0.05, 0) is 122 Å². The molecule has 4 saturated carbocycles. The van der Waals surface area contributed by atoms with E-state index in [2.05, 4.69) is 40.7 Å². The van der Waals surface area contributed by atoms with Gasteiger partial charge in [-0.15, -0.1) is 0 Å². The van der Waals surface area contributed by atoms with Gasteiger partial charge in [0.15, 0.2) is 0 Å². The molecular formula is C28H46O. The number of fused-ring (bicyclic) bond motifs is 5. The summed E-state index contributed by atoms with van der Waals surface area (Å²) < 4.78 is 0. The lowest BCUT2D eigenvalue weighted by atomic mass is 9.47. The van der Waals surface area contributed by atoms with E-state index in [0.717, 1.165) is 60.2 Å². The molecule has 0 spiro atoms. The van der Waals surface area contributed by atoms with Crippen LogP contribution >= 0.6 is 0 Å². The van der Waals surface area contributed by atoms with Crippen molar-refractivity contribution in [3.63, 3.8) is 0 Å². The van der Waals surface area contributed by atoms with E-state index >= 15 is 0 Å². The third-order valence-electron chi connectivity index (χ3n) is 11.2. The molecule has 0 saturated heterocycles. The zero-order valence-corrected chi connectivity index (χ0v) is 19.8. The second kappa shape index (κ2) is 7.11. The Labute approximate surface area is 180 Å². The minimum Gasteiger partial charge on any atom is -0.393 e. The molecule has 0 amide bonds. The minimum atomic E-state index is -0.0752. The molecule has 1 N–H and O–H groups in total. The van der Waals surface area contributed by atoms with Crippen molar-refractivity contribution in [3.05, 3.63) is 11.6 Å². The van der Waals surface area contributed by atoms with Gasteiger partial charge in [0.1, 0.15) is 0 Å². The first-order chi connectivity index (χ1) is 13.7. The zero-order chi connectivity index (χ0) is 20.6. The Kier molecular flexibility index (Phi) is 5.05. The molecule has 5 rings (SSSR count). The van der Waals surface area contributed by atoms with E-state index in [0.29, 0.717) is 10.8 Å². The molecule has 0 aliphatic heterocycles. The van der Waals surface area contributed by atoms with Crippen molar-refractivity contribution in [2.24, 2.45) is 58.2 Å². The largest absolute Gasteiger partial charge is 0.393 e. The average molecular weight is 399 g/mol. The fourth-order valence-corrected chi connectivity index (χ4v) is 9.64. The summed E-state index contributed by atoms with van der Waals surface area (Å²) >= 11 is 0. The molecule has 10 atom stereocenters. The van der Waals surface area contributed by atoms with Crippen LogP contribution in [0.25, 0.3) is 0 Å². The summed E-state index contributed by atoms with van der Waals surface area (Å²) in [5, 5.41) is 10.2. The molecule has 4 fully saturated rings. The summed E-state index contributed by atoms with van der Waals surface area (Å²) in [7, 11) is 0. The van der Waals surface area contributed by atoms with Gasteiger partial charge >= 0.3 is 0 Å². The van der Waals surface area contributed by atoms with Crippen LogP contribution in [0.15, 0.2) is 11.6 Å². The van der Waals surface area contributed by atoms with Crippen molar-refractivity contribution in [2.75, 3.05) is 0 Å². The highest BCUT2D eigenvalue weighted by Crippen LogP contribution is 2.68. The van der Waals surface area contributed by atoms with Crippen molar-refractivity contribution < 1.29 is 5.11 Å². The van der Waals surface area contributed by atoms with Crippen molar-refractivity contribution in [2.45, 2.75) is 105 Å². The number of allylic oxidation sites excluding steroid dienone is 1. The van der Waals surface area contributed by atoms with Crippen molar-refractivity contribution >= 4 is 0 Å². The van der Waals surface area contributed by atoms with Crippen LogP contribution in [0.3, 0.4) is 0 Å². The normalized spacial score (nSPS) is 52.4. The van der Waals surface area contributed by atoms with Crippen LogP contribution in [0.1, 0.15) is 98.8 Å². The van der Waals surface area contributed by atoms with Crippen LogP contribution in [0.2, 0.25) is 0 Å². The van der Waals surface area contributed by atoms with E-state index < -0.39 is 0 Å². The molecule has 0 radical (unpaired) electrons. The van der Waals surface area contributed by atoms with E-state index in [1.807, 2.05) is 0 Å². The number of hydrogen-bond donors (Lipinski definition) is 1. The Balaban J connectivity index is 1.34. The van der Waals surface area contributed by atoms with Gasteiger partial charge in [0.25, 0.3) is 0 Å². The maximum Gasteiger partial charge on any atom is 0.0577 e. The molecule has 164 valence electrons. The minimum absolute atomic E-state index is 0.0752. The van der Waals surface area contributed by atoms with Gasteiger partial charge in [-0.2, -0.15) is 0 Å². The molecule has 0 heterocycles. The smallest absolute Gasteiger partial charge is 0.0577 e. The van der Waals surface area contributed by atoms with Gasteiger partial charge in [-0.1, -0.05) is 46.3 Å². The molecule has 0 aromatic heterocycles. The van der Waals surface area contributed by atoms with E-state index in [1.165, 1.54) is 51.4 Å². The molecule has 0 aromatic rings. The van der Waals surface area contributed by atoms with Gasteiger partial charge in [-0.3, -0.25) is 0 Å². The molecule has 0 unspecified atom stereocenters. The Morgan fingerprint density at radius 3 is 2.59 bits per heavy atom. The fraction of sp³-hybridized carbons (Fsp3) is 0.929. The van der Waals surface area contributed by atoms with Gasteiger partial charge < -0.3 is 5.11 Å². The molecule has 5 aliphatic carbocycles. The maximum atomic E-state index is 10.2. The molecule has 1 heteroatoms. The first kappa shape index (κ1) is 20.6. The van der Waals surface area contributed by atoms with Crippen LogP contribution in [-0.4, -0.2) is 11.2 Å². The SMILES string of the molecule is CC(C)C[C@@H]1C[C@@H]1[C@@H](C)[C@H]1CC[C@H]2[C@@H]3CC=C4C[C@@H](O)CC[C@]4(C)[C@H]3CC[C@]12C. The van der Waals surface area contributed by atoms with Gasteiger partial charge in [0.05, 0.1) is 6.10 Å². The summed E-state index contributed by atoms with van der Waals surface area (Å²) in [6.07, 6.45) is 16.0. The molecule has 5 aliphatic rings. The third kappa shape index (κ3) is 3.19. The highest BCUT2D eigenvalue weighted by molar-refractivity contribution is 5.25. The fourth-order valence-electron chi connectivity index (χ4n) is 9.64. The average Bonchev–Trinajstić information content (AvgIpc) is 3.32. The summed E-state index contributed by atoms with van der Waals surface area (Å²) in [5.74, 6) is 7.62. The number of rotatable bonds is 4. The van der Waals surface area contributed by atoms with Crippen molar-refractivity contribution in [3.8, 4) is 0 Å². The summed E-state index contributed by atoms with van der Waals surface area (Å²) in [6, 6.07) is 0. The van der Waals surface area contributed by atoms with Crippen LogP contribution in [-0.2, 0) is 0 Å². The van der Waals surface area contributed by atoms with Gasteiger partial charge in [0.2, 0.25) is 0 Å². The van der Waals surface area contributed by atoms with Crippen molar-refractivity contribution in [1.82, 2.24) is 0 Å². The van der Waals surface area contributed by atoms with Gasteiger partial charge in [0, 0.05) is 0 Å². The Bertz CT molecular complexity index is 663. The van der Waals surface area contributed by atoms with Crippen LogP contribution in [0.5, 0.6) is 0 Å². The number of hydrogen-bond acceptors (Lipinski definition) is 1. The second-order valence-corrected chi connectivity index (χ2v) is 13.0. The number of aliphatic hydroxyl groups is 1. The third-order valence-corrected chi connectivity index (χ3v) is 11.2. The lowest BCUT2D eigenvalue weighted by molar-refractivity contribution is -0.0584. The Morgan fingerprint density at radius 2 is 1.83 bits per heavy atom. The Morgan fingerprint density at radius 1 is 1.03 bits per heavy atom. The predicted octanol–water partition coefficient (Wildman–Crippen LogP) is 7.24. The standard InChI is InChI=1S/C28H46O/c1-17(2)14-19-15-23(19)18(3)24-8-9-25-22-7-6-20-16-21(29)10-12-27(20,4)26(22)11-13-28(24,25)5/h6,17-19,21-26,29H,7-16H2,1-5H3/t18-,19-,21+,22+,23-,24-,25+,26+,27+,28-/m1/s1. The van der Waals surface area contributed by atoms with Crippen LogP contribution < -0.4 is 0 Å². The molecule has 0 aromatic carbocycles. The van der Waals surface area contributed by atoms with Crippen molar-refractivity contribution in [1.29, 1.82) is 0 Å². The Hall–Kier alpha value is -0.300. The molecule has 29 heavy (non-hydrogen) atoms. The van der Waals surface area contributed by atoms with Gasteiger partial charge in [-0.25, -0.2) is 0 Å². The topological polar surface area (TPSA) is 20.2 Å². The molecule has 1 nitrogen and oxygen atoms in total. The second-order valence-electron chi connectivity index (χ2n) is 13.0. The zero-order valence-electron chi connectivity index (χ0n) is 19.8. The first-order valence-electron chi connectivity index (χ1n) is 13.1. The summed E-state index contributed by atoms with van der Waals surface area (Å²) in [5.41, 5.74) is 2.62. The lowest BCUT2D eigenvalue weighted by Gasteiger charge is -2.58. The van der Waals surface area contributed by atoms with E-state index in [4.69, 9.17) is 0 Å². The van der Waals surface area contributed by atoms with E-state index in [9.17, 15) is 5.11 Å². The van der Waals surface area contributed by atoms with Crippen LogP contribution in [0.4, 0.5) is 0 Å². The van der Waals surface area contributed by atoms with Crippen LogP contribution in [0, 0.1) is 58.2 Å². The van der Waals surface area contributed by atoms with E-state index in [-0.39, 0.29) is 6.10 Å². The maximum absolute atomic E-state index is 10.2. The van der Waals surface area contributed by atoms with E-state index in [1.54, 1.807) is 5.57 Å². The summed E-state index contributed by atoms with van der Waals surface area (Å²) in [6.45, 7) is 12.7. The molecular weight excluding hydrogens is 352 g/mol. The lowest BCUT2D eigenvalue weighted by Crippen LogP contribution is -2.50. The quantitative estimate of drug-likeness (QED) is 0.495. The molecule has 0 bridgehead atoms. The first-order valence-corrected chi connectivity index (χ1v) is 13.1. The highest BCUT2D eigenvalue weighted by atomic mass is 16.3.